The van der Waals surface area contributed by atoms with Crippen LogP contribution in [0.3, 0.4) is 0 Å². The molecule has 0 aliphatic carbocycles. The molecule has 1 aromatic rings. The Kier molecular flexibility index (Phi) is 3.69. The lowest BCUT2D eigenvalue weighted by atomic mass is 9.99. The van der Waals surface area contributed by atoms with Gasteiger partial charge in [-0.25, -0.2) is 0 Å². The predicted molar refractivity (Wildman–Crippen MR) is 70.1 cm³/mol. The fourth-order valence-corrected chi connectivity index (χ4v) is 2.14. The normalized spacial score (nSPS) is 19.9. The van der Waals surface area contributed by atoms with Crippen LogP contribution in [0.25, 0.3) is 0 Å². The van der Waals surface area contributed by atoms with E-state index in [1.165, 1.54) is 5.56 Å². The SMILES string of the molecule is CCC(C)(N)CN1CCOc2ccccc2C1. The molecule has 0 bridgehead atoms. The van der Waals surface area contributed by atoms with Gasteiger partial charge in [0, 0.05) is 30.7 Å². The zero-order chi connectivity index (χ0) is 12.3. The molecule has 2 N–H and O–H groups in total. The molecule has 0 spiro atoms. The van der Waals surface area contributed by atoms with Crippen molar-refractivity contribution in [2.24, 2.45) is 5.73 Å². The van der Waals surface area contributed by atoms with Crippen molar-refractivity contribution >= 4 is 0 Å². The Labute approximate surface area is 104 Å². The summed E-state index contributed by atoms with van der Waals surface area (Å²) in [7, 11) is 0. The zero-order valence-corrected chi connectivity index (χ0v) is 10.8. The molecule has 1 atom stereocenters. The van der Waals surface area contributed by atoms with Gasteiger partial charge in [0.25, 0.3) is 0 Å². The Hall–Kier alpha value is -1.06. The average Bonchev–Trinajstić information content (AvgIpc) is 2.50. The van der Waals surface area contributed by atoms with E-state index in [0.29, 0.717) is 0 Å². The van der Waals surface area contributed by atoms with Crippen LogP contribution in [0.1, 0.15) is 25.8 Å². The van der Waals surface area contributed by atoms with Gasteiger partial charge < -0.3 is 10.5 Å². The monoisotopic (exact) mass is 234 g/mol. The molecule has 0 saturated carbocycles. The Balaban J connectivity index is 2.08. The second-order valence-electron chi connectivity index (χ2n) is 5.17. The number of ether oxygens (including phenoxy) is 1. The number of nitrogens with two attached hydrogens (primary N) is 1. The van der Waals surface area contributed by atoms with Crippen LogP contribution >= 0.6 is 0 Å². The third-order valence-electron chi connectivity index (χ3n) is 3.42. The van der Waals surface area contributed by atoms with Crippen LogP contribution in [0.5, 0.6) is 5.75 Å². The summed E-state index contributed by atoms with van der Waals surface area (Å²) in [6, 6.07) is 8.26. The fourth-order valence-electron chi connectivity index (χ4n) is 2.14. The number of para-hydroxylation sites is 1. The van der Waals surface area contributed by atoms with Gasteiger partial charge in [-0.1, -0.05) is 25.1 Å². The topological polar surface area (TPSA) is 38.5 Å². The summed E-state index contributed by atoms with van der Waals surface area (Å²) in [5, 5.41) is 0. The van der Waals surface area contributed by atoms with Gasteiger partial charge in [-0.3, -0.25) is 4.90 Å². The van der Waals surface area contributed by atoms with Crippen molar-refractivity contribution in [3.05, 3.63) is 29.8 Å². The molecule has 94 valence electrons. The van der Waals surface area contributed by atoms with Crippen molar-refractivity contribution in [3.63, 3.8) is 0 Å². The van der Waals surface area contributed by atoms with Crippen LogP contribution in [0.15, 0.2) is 24.3 Å². The van der Waals surface area contributed by atoms with Crippen molar-refractivity contribution < 1.29 is 4.74 Å². The fraction of sp³-hybridized carbons (Fsp3) is 0.571. The molecule has 0 radical (unpaired) electrons. The minimum atomic E-state index is -0.112. The first-order valence-electron chi connectivity index (χ1n) is 6.33. The number of rotatable bonds is 3. The molecule has 0 saturated heterocycles. The maximum Gasteiger partial charge on any atom is 0.123 e. The lowest BCUT2D eigenvalue weighted by Crippen LogP contribution is -2.47. The van der Waals surface area contributed by atoms with E-state index in [0.717, 1.165) is 38.4 Å². The summed E-state index contributed by atoms with van der Waals surface area (Å²) >= 11 is 0. The van der Waals surface area contributed by atoms with E-state index in [-0.39, 0.29) is 5.54 Å². The molecule has 2 rings (SSSR count). The van der Waals surface area contributed by atoms with Gasteiger partial charge in [-0.05, 0) is 19.4 Å². The molecule has 1 heterocycles. The number of fused-ring (bicyclic) bond motifs is 1. The van der Waals surface area contributed by atoms with Gasteiger partial charge in [0.2, 0.25) is 0 Å². The zero-order valence-electron chi connectivity index (χ0n) is 10.8. The van der Waals surface area contributed by atoms with Crippen LogP contribution < -0.4 is 10.5 Å². The van der Waals surface area contributed by atoms with Gasteiger partial charge in [0.05, 0.1) is 0 Å². The summed E-state index contributed by atoms with van der Waals surface area (Å²) in [5.74, 6) is 1.02. The van der Waals surface area contributed by atoms with Crippen LogP contribution in [-0.4, -0.2) is 30.1 Å². The van der Waals surface area contributed by atoms with Crippen molar-refractivity contribution in [3.8, 4) is 5.75 Å². The molecule has 1 aliphatic rings. The van der Waals surface area contributed by atoms with Crippen molar-refractivity contribution in [1.29, 1.82) is 0 Å². The molecule has 1 aliphatic heterocycles. The van der Waals surface area contributed by atoms with E-state index in [4.69, 9.17) is 10.5 Å². The second kappa shape index (κ2) is 5.07. The lowest BCUT2D eigenvalue weighted by molar-refractivity contribution is 0.186. The Bertz CT molecular complexity index is 376. The highest BCUT2D eigenvalue weighted by Gasteiger charge is 2.22. The minimum absolute atomic E-state index is 0.112. The first-order chi connectivity index (χ1) is 8.11. The lowest BCUT2D eigenvalue weighted by Gasteiger charge is -2.30. The maximum atomic E-state index is 6.24. The summed E-state index contributed by atoms with van der Waals surface area (Å²) in [6.45, 7) is 7.80. The van der Waals surface area contributed by atoms with Gasteiger partial charge in [-0.2, -0.15) is 0 Å². The number of nitrogens with zero attached hydrogens (tertiary/aromatic N) is 1. The average molecular weight is 234 g/mol. The van der Waals surface area contributed by atoms with E-state index in [1.807, 2.05) is 12.1 Å². The smallest absolute Gasteiger partial charge is 0.123 e. The molecule has 3 heteroatoms. The quantitative estimate of drug-likeness (QED) is 0.869. The summed E-state index contributed by atoms with van der Waals surface area (Å²) in [5.41, 5.74) is 7.38. The molecule has 1 unspecified atom stereocenters. The molecular formula is C14H22N2O. The van der Waals surface area contributed by atoms with Crippen LogP contribution in [0, 0.1) is 0 Å². The molecule has 17 heavy (non-hydrogen) atoms. The summed E-state index contributed by atoms with van der Waals surface area (Å²) in [4.78, 5) is 2.38. The predicted octanol–water partition coefficient (Wildman–Crippen LogP) is 2.01. The molecule has 3 nitrogen and oxygen atoms in total. The minimum Gasteiger partial charge on any atom is -0.492 e. The highest BCUT2D eigenvalue weighted by atomic mass is 16.5. The first kappa shape index (κ1) is 12.4. The Morgan fingerprint density at radius 1 is 1.41 bits per heavy atom. The second-order valence-corrected chi connectivity index (χ2v) is 5.17. The highest BCUT2D eigenvalue weighted by molar-refractivity contribution is 5.33. The molecule has 1 aromatic carbocycles. The van der Waals surface area contributed by atoms with Gasteiger partial charge in [0.1, 0.15) is 12.4 Å². The van der Waals surface area contributed by atoms with Gasteiger partial charge in [-0.15, -0.1) is 0 Å². The third kappa shape index (κ3) is 3.20. The van der Waals surface area contributed by atoms with Crippen LogP contribution in [0.4, 0.5) is 0 Å². The van der Waals surface area contributed by atoms with Crippen LogP contribution in [-0.2, 0) is 6.54 Å². The number of hydrogen-bond acceptors (Lipinski definition) is 3. The Morgan fingerprint density at radius 2 is 2.18 bits per heavy atom. The summed E-state index contributed by atoms with van der Waals surface area (Å²) < 4.78 is 5.74. The molecular weight excluding hydrogens is 212 g/mol. The van der Waals surface area contributed by atoms with Crippen molar-refractivity contribution in [1.82, 2.24) is 4.90 Å². The number of hydrogen-bond donors (Lipinski definition) is 1. The Morgan fingerprint density at radius 3 is 2.94 bits per heavy atom. The van der Waals surface area contributed by atoms with Crippen LogP contribution in [0.2, 0.25) is 0 Å². The van der Waals surface area contributed by atoms with Crippen molar-refractivity contribution in [2.45, 2.75) is 32.4 Å². The van der Waals surface area contributed by atoms with Crippen molar-refractivity contribution in [2.75, 3.05) is 19.7 Å². The highest BCUT2D eigenvalue weighted by Crippen LogP contribution is 2.23. The van der Waals surface area contributed by atoms with E-state index in [9.17, 15) is 0 Å². The molecule has 0 amide bonds. The first-order valence-corrected chi connectivity index (χ1v) is 6.33. The third-order valence-corrected chi connectivity index (χ3v) is 3.42. The standard InChI is InChI=1S/C14H22N2O/c1-3-14(2,15)11-16-8-9-17-13-7-5-4-6-12(13)10-16/h4-7H,3,8-11,15H2,1-2H3. The number of benzene rings is 1. The van der Waals surface area contributed by atoms with E-state index < -0.39 is 0 Å². The molecule has 0 fully saturated rings. The van der Waals surface area contributed by atoms with Gasteiger partial charge >= 0.3 is 0 Å². The van der Waals surface area contributed by atoms with E-state index in [1.54, 1.807) is 0 Å². The maximum absolute atomic E-state index is 6.24. The van der Waals surface area contributed by atoms with E-state index >= 15 is 0 Å². The summed E-state index contributed by atoms with van der Waals surface area (Å²) in [6.07, 6.45) is 0.992. The van der Waals surface area contributed by atoms with E-state index in [2.05, 4.69) is 30.9 Å². The molecule has 0 aromatic heterocycles. The largest absolute Gasteiger partial charge is 0.492 e. The van der Waals surface area contributed by atoms with Gasteiger partial charge in [0.15, 0.2) is 0 Å².